The van der Waals surface area contributed by atoms with Gasteiger partial charge in [-0.05, 0) is 56.1 Å². The average molecular weight is 320 g/mol. The van der Waals surface area contributed by atoms with Crippen molar-refractivity contribution in [2.24, 2.45) is 5.92 Å². The van der Waals surface area contributed by atoms with Gasteiger partial charge in [0.25, 0.3) is 5.91 Å². The summed E-state index contributed by atoms with van der Waals surface area (Å²) in [5.41, 5.74) is 0.731. The highest BCUT2D eigenvalue weighted by Gasteiger charge is 2.23. The highest BCUT2D eigenvalue weighted by molar-refractivity contribution is 5.94. The number of benzene rings is 1. The van der Waals surface area contributed by atoms with Crippen LogP contribution in [0.25, 0.3) is 0 Å². The summed E-state index contributed by atoms with van der Waals surface area (Å²) in [6, 6.07) is 7.38. The Balaban J connectivity index is 1.81. The van der Waals surface area contributed by atoms with Gasteiger partial charge in [-0.2, -0.15) is 0 Å². The molecule has 0 aliphatic carbocycles. The Morgan fingerprint density at radius 2 is 1.91 bits per heavy atom. The zero-order chi connectivity index (χ0) is 16.5. The molecular weight excluding hydrogens is 292 g/mol. The van der Waals surface area contributed by atoms with Crippen molar-refractivity contribution >= 4 is 5.91 Å². The first-order valence-corrected chi connectivity index (χ1v) is 8.46. The summed E-state index contributed by atoms with van der Waals surface area (Å²) in [4.78, 5) is 14.5. The number of carbonyl (C=O) groups excluding carboxylic acids is 1. The van der Waals surface area contributed by atoms with Gasteiger partial charge in [-0.1, -0.05) is 6.92 Å². The minimum absolute atomic E-state index is 0.121. The summed E-state index contributed by atoms with van der Waals surface area (Å²) in [5.74, 6) is 1.58. The van der Waals surface area contributed by atoms with Crippen LogP contribution in [0.4, 0.5) is 0 Å². The fourth-order valence-electron chi connectivity index (χ4n) is 2.81. The Morgan fingerprint density at radius 1 is 1.22 bits per heavy atom. The predicted molar refractivity (Wildman–Crippen MR) is 91.0 cm³/mol. The molecule has 0 saturated carbocycles. The summed E-state index contributed by atoms with van der Waals surface area (Å²) in [5, 5.41) is 3.39. The molecule has 0 spiro atoms. The quantitative estimate of drug-likeness (QED) is 0.746. The van der Waals surface area contributed by atoms with Crippen molar-refractivity contribution in [1.29, 1.82) is 0 Å². The van der Waals surface area contributed by atoms with Crippen molar-refractivity contribution in [3.63, 3.8) is 0 Å². The second-order valence-corrected chi connectivity index (χ2v) is 5.91. The van der Waals surface area contributed by atoms with Gasteiger partial charge in [0, 0.05) is 25.8 Å². The zero-order valence-corrected chi connectivity index (χ0v) is 14.2. The first kappa shape index (κ1) is 17.8. The number of likely N-dealkylation sites (tertiary alicyclic amines) is 1. The second kappa shape index (κ2) is 9.53. The number of ether oxygens (including phenoxy) is 2. The lowest BCUT2D eigenvalue weighted by Gasteiger charge is -2.32. The molecule has 0 aromatic heterocycles. The van der Waals surface area contributed by atoms with Crippen molar-refractivity contribution in [3.05, 3.63) is 29.8 Å². The normalized spacial score (nSPS) is 15.7. The number of rotatable bonds is 8. The number of hydrogen-bond acceptors (Lipinski definition) is 4. The molecule has 1 aliphatic heterocycles. The van der Waals surface area contributed by atoms with Crippen LogP contribution in [0, 0.1) is 5.92 Å². The first-order chi connectivity index (χ1) is 11.2. The van der Waals surface area contributed by atoms with Gasteiger partial charge in [0.05, 0.1) is 6.61 Å². The van der Waals surface area contributed by atoms with Crippen LogP contribution in [0.15, 0.2) is 24.3 Å². The number of carbonyl (C=O) groups is 1. The van der Waals surface area contributed by atoms with E-state index < -0.39 is 0 Å². The van der Waals surface area contributed by atoms with Crippen LogP contribution in [-0.2, 0) is 4.74 Å². The molecule has 1 N–H and O–H groups in total. The Hall–Kier alpha value is -1.59. The molecule has 1 aliphatic rings. The molecule has 0 unspecified atom stereocenters. The van der Waals surface area contributed by atoms with Crippen LogP contribution in [0.2, 0.25) is 0 Å². The highest BCUT2D eigenvalue weighted by atomic mass is 16.5. The van der Waals surface area contributed by atoms with Gasteiger partial charge in [-0.3, -0.25) is 4.79 Å². The maximum Gasteiger partial charge on any atom is 0.253 e. The minimum atomic E-state index is 0.121. The standard InChI is InChI=1S/C18H28N2O3/c1-3-19-14-15-8-10-20(11-9-15)18(21)16-4-6-17(7-5-16)23-13-12-22-2/h4-7,15,19H,3,8-14H2,1-2H3. The van der Waals surface area contributed by atoms with Crippen LogP contribution in [-0.4, -0.2) is 57.3 Å². The van der Waals surface area contributed by atoms with Gasteiger partial charge in [0.1, 0.15) is 12.4 Å². The van der Waals surface area contributed by atoms with E-state index in [1.807, 2.05) is 29.2 Å². The molecule has 0 atom stereocenters. The zero-order valence-electron chi connectivity index (χ0n) is 14.2. The molecule has 5 heteroatoms. The topological polar surface area (TPSA) is 50.8 Å². The van der Waals surface area contributed by atoms with Crippen LogP contribution in [0.5, 0.6) is 5.75 Å². The van der Waals surface area contributed by atoms with Gasteiger partial charge >= 0.3 is 0 Å². The van der Waals surface area contributed by atoms with Crippen molar-refractivity contribution in [3.8, 4) is 5.75 Å². The fourth-order valence-corrected chi connectivity index (χ4v) is 2.81. The van der Waals surface area contributed by atoms with Crippen LogP contribution in [0.1, 0.15) is 30.1 Å². The molecule has 1 heterocycles. The fraction of sp³-hybridized carbons (Fsp3) is 0.611. The van der Waals surface area contributed by atoms with E-state index in [9.17, 15) is 4.79 Å². The Morgan fingerprint density at radius 3 is 2.52 bits per heavy atom. The monoisotopic (exact) mass is 320 g/mol. The number of amides is 1. The van der Waals surface area contributed by atoms with Gasteiger partial charge in [-0.25, -0.2) is 0 Å². The summed E-state index contributed by atoms with van der Waals surface area (Å²) < 4.78 is 10.5. The van der Waals surface area contributed by atoms with E-state index in [-0.39, 0.29) is 5.91 Å². The number of hydrogen-bond donors (Lipinski definition) is 1. The number of nitrogens with zero attached hydrogens (tertiary/aromatic N) is 1. The van der Waals surface area contributed by atoms with Crippen molar-refractivity contribution in [1.82, 2.24) is 10.2 Å². The van der Waals surface area contributed by atoms with Gasteiger partial charge < -0.3 is 19.7 Å². The van der Waals surface area contributed by atoms with Crippen molar-refractivity contribution < 1.29 is 14.3 Å². The van der Waals surface area contributed by atoms with E-state index in [2.05, 4.69) is 12.2 Å². The smallest absolute Gasteiger partial charge is 0.253 e. The summed E-state index contributed by atoms with van der Waals surface area (Å²) in [7, 11) is 1.65. The lowest BCUT2D eigenvalue weighted by molar-refractivity contribution is 0.0690. The third-order valence-electron chi connectivity index (χ3n) is 4.24. The Labute approximate surface area is 139 Å². The molecule has 0 radical (unpaired) electrons. The number of methoxy groups -OCH3 is 1. The average Bonchev–Trinajstić information content (AvgIpc) is 2.61. The molecule has 1 amide bonds. The van der Waals surface area contributed by atoms with E-state index >= 15 is 0 Å². The third-order valence-corrected chi connectivity index (χ3v) is 4.24. The van der Waals surface area contributed by atoms with Crippen LogP contribution in [0.3, 0.4) is 0 Å². The van der Waals surface area contributed by atoms with E-state index in [1.165, 1.54) is 0 Å². The molecule has 128 valence electrons. The number of nitrogens with one attached hydrogen (secondary N) is 1. The Kier molecular flexibility index (Phi) is 7.36. The molecule has 2 rings (SSSR count). The molecule has 0 bridgehead atoms. The lowest BCUT2D eigenvalue weighted by Crippen LogP contribution is -2.40. The van der Waals surface area contributed by atoms with Gasteiger partial charge in [-0.15, -0.1) is 0 Å². The van der Waals surface area contributed by atoms with Crippen molar-refractivity contribution in [2.45, 2.75) is 19.8 Å². The lowest BCUT2D eigenvalue weighted by atomic mass is 9.96. The summed E-state index contributed by atoms with van der Waals surface area (Å²) in [6.45, 7) is 6.97. The van der Waals surface area contributed by atoms with E-state index in [4.69, 9.17) is 9.47 Å². The second-order valence-electron chi connectivity index (χ2n) is 5.91. The largest absolute Gasteiger partial charge is 0.491 e. The minimum Gasteiger partial charge on any atom is -0.491 e. The molecule has 1 aromatic rings. The Bertz CT molecular complexity index is 468. The van der Waals surface area contributed by atoms with E-state index in [0.717, 1.165) is 50.3 Å². The molecule has 23 heavy (non-hydrogen) atoms. The van der Waals surface area contributed by atoms with E-state index in [1.54, 1.807) is 7.11 Å². The maximum absolute atomic E-state index is 12.5. The molecule has 5 nitrogen and oxygen atoms in total. The van der Waals surface area contributed by atoms with Gasteiger partial charge in [0.2, 0.25) is 0 Å². The predicted octanol–water partition coefficient (Wildman–Crippen LogP) is 2.17. The summed E-state index contributed by atoms with van der Waals surface area (Å²) in [6.07, 6.45) is 2.16. The molecule has 1 fully saturated rings. The molecule has 1 aromatic carbocycles. The number of piperidine rings is 1. The van der Waals surface area contributed by atoms with Crippen LogP contribution >= 0.6 is 0 Å². The molecular formula is C18H28N2O3. The SMILES string of the molecule is CCNCC1CCN(C(=O)c2ccc(OCCOC)cc2)CC1. The van der Waals surface area contributed by atoms with Crippen LogP contribution < -0.4 is 10.1 Å². The maximum atomic E-state index is 12.5. The highest BCUT2D eigenvalue weighted by Crippen LogP contribution is 2.20. The first-order valence-electron chi connectivity index (χ1n) is 8.46. The van der Waals surface area contributed by atoms with Crippen molar-refractivity contribution in [2.75, 3.05) is 46.5 Å². The third kappa shape index (κ3) is 5.52. The van der Waals surface area contributed by atoms with Gasteiger partial charge in [0.15, 0.2) is 0 Å². The molecule has 1 saturated heterocycles. The van der Waals surface area contributed by atoms with E-state index in [0.29, 0.717) is 19.1 Å². The summed E-state index contributed by atoms with van der Waals surface area (Å²) >= 11 is 0.